The van der Waals surface area contributed by atoms with Crippen molar-refractivity contribution in [2.45, 2.75) is 38.5 Å². The zero-order chi connectivity index (χ0) is 11.4. The second-order valence-electron chi connectivity index (χ2n) is 4.88. The van der Waals surface area contributed by atoms with Gasteiger partial charge in [-0.3, -0.25) is 9.59 Å². The molecule has 0 aromatic heterocycles. The molecule has 1 aliphatic heterocycles. The molecule has 90 valence electrons. The zero-order valence-electron chi connectivity index (χ0n) is 9.71. The number of carbonyl (C=O) groups is 2. The third kappa shape index (κ3) is 2.97. The molecule has 2 aliphatic rings. The van der Waals surface area contributed by atoms with Crippen LogP contribution in [0.4, 0.5) is 0 Å². The van der Waals surface area contributed by atoms with Crippen LogP contribution in [0.3, 0.4) is 0 Å². The van der Waals surface area contributed by atoms with Crippen LogP contribution < -0.4 is 5.32 Å². The highest BCUT2D eigenvalue weighted by Gasteiger charge is 2.23. The Balaban J connectivity index is 1.75. The van der Waals surface area contributed by atoms with E-state index in [1.54, 1.807) is 4.90 Å². The van der Waals surface area contributed by atoms with E-state index in [2.05, 4.69) is 5.32 Å². The van der Waals surface area contributed by atoms with E-state index in [-0.39, 0.29) is 24.9 Å². The Bertz CT molecular complexity index is 272. The van der Waals surface area contributed by atoms with Crippen LogP contribution in [0.15, 0.2) is 0 Å². The lowest BCUT2D eigenvalue weighted by molar-refractivity contribution is -0.140. The summed E-state index contributed by atoms with van der Waals surface area (Å²) in [6.45, 7) is 1.20. The number of nitrogens with zero attached hydrogens (tertiary/aromatic N) is 1. The average Bonchev–Trinajstić information content (AvgIpc) is 2.32. The lowest BCUT2D eigenvalue weighted by Crippen LogP contribution is -2.51. The minimum Gasteiger partial charge on any atom is -0.345 e. The number of amides is 2. The van der Waals surface area contributed by atoms with Crippen LogP contribution in [0.2, 0.25) is 0 Å². The average molecular weight is 224 g/mol. The van der Waals surface area contributed by atoms with Crippen LogP contribution in [-0.2, 0) is 9.59 Å². The lowest BCUT2D eigenvalue weighted by Gasteiger charge is -2.29. The predicted octanol–water partition coefficient (Wildman–Crippen LogP) is 0.915. The Morgan fingerprint density at radius 1 is 1.19 bits per heavy atom. The summed E-state index contributed by atoms with van der Waals surface area (Å²) in [6.07, 6.45) is 7.70. The third-order valence-electron chi connectivity index (χ3n) is 3.66. The summed E-state index contributed by atoms with van der Waals surface area (Å²) >= 11 is 0. The minimum atomic E-state index is -0.0248. The molecule has 0 radical (unpaired) electrons. The van der Waals surface area contributed by atoms with Gasteiger partial charge in [0.15, 0.2) is 0 Å². The molecule has 1 N–H and O–H groups in total. The molecule has 4 nitrogen and oxygen atoms in total. The summed E-state index contributed by atoms with van der Waals surface area (Å²) in [7, 11) is 0. The van der Waals surface area contributed by atoms with Crippen molar-refractivity contribution in [3.63, 3.8) is 0 Å². The normalized spacial score (nSPS) is 23.4. The minimum absolute atomic E-state index is 0.0248. The maximum Gasteiger partial charge on any atom is 0.242 e. The van der Waals surface area contributed by atoms with Gasteiger partial charge in [0.05, 0.1) is 13.1 Å². The Kier molecular flexibility index (Phi) is 3.80. The van der Waals surface area contributed by atoms with Gasteiger partial charge in [-0.15, -0.1) is 0 Å². The molecule has 0 unspecified atom stereocenters. The zero-order valence-corrected chi connectivity index (χ0v) is 9.71. The van der Waals surface area contributed by atoms with Crippen LogP contribution >= 0.6 is 0 Å². The molecule has 0 spiro atoms. The summed E-state index contributed by atoms with van der Waals surface area (Å²) in [5, 5.41) is 2.57. The van der Waals surface area contributed by atoms with Crippen LogP contribution in [0, 0.1) is 5.92 Å². The van der Waals surface area contributed by atoms with Crippen molar-refractivity contribution in [2.24, 2.45) is 5.92 Å². The predicted molar refractivity (Wildman–Crippen MR) is 60.8 cm³/mol. The molecule has 0 aromatic rings. The van der Waals surface area contributed by atoms with Crippen molar-refractivity contribution in [3.8, 4) is 0 Å². The molecule has 1 saturated heterocycles. The molecule has 2 rings (SSSR count). The first-order valence-corrected chi connectivity index (χ1v) is 6.30. The van der Waals surface area contributed by atoms with Crippen LogP contribution in [-0.4, -0.2) is 36.3 Å². The summed E-state index contributed by atoms with van der Waals surface area (Å²) in [6, 6.07) is 0. The van der Waals surface area contributed by atoms with Crippen molar-refractivity contribution in [3.05, 3.63) is 0 Å². The van der Waals surface area contributed by atoms with E-state index in [1.807, 2.05) is 0 Å². The van der Waals surface area contributed by atoms with Gasteiger partial charge in [-0.25, -0.2) is 0 Å². The van der Waals surface area contributed by atoms with Crippen molar-refractivity contribution in [1.29, 1.82) is 0 Å². The smallest absolute Gasteiger partial charge is 0.242 e. The molecule has 1 saturated carbocycles. The summed E-state index contributed by atoms with van der Waals surface area (Å²) in [5.74, 6) is 0.810. The third-order valence-corrected chi connectivity index (χ3v) is 3.66. The first-order valence-electron chi connectivity index (χ1n) is 6.30. The van der Waals surface area contributed by atoms with Gasteiger partial charge in [0.25, 0.3) is 0 Å². The standard InChI is InChI=1S/C12H20N2O2/c15-11-9-14(12(16)8-13-11)7-6-10-4-2-1-3-5-10/h10H,1-9H2,(H,13,15). The number of hydrogen-bond donors (Lipinski definition) is 1. The van der Waals surface area contributed by atoms with Crippen molar-refractivity contribution >= 4 is 11.8 Å². The highest BCUT2D eigenvalue weighted by molar-refractivity contribution is 5.92. The van der Waals surface area contributed by atoms with Crippen molar-refractivity contribution < 1.29 is 9.59 Å². The monoisotopic (exact) mass is 224 g/mol. The van der Waals surface area contributed by atoms with Gasteiger partial charge in [-0.05, 0) is 12.3 Å². The number of rotatable bonds is 3. The van der Waals surface area contributed by atoms with Gasteiger partial charge in [-0.1, -0.05) is 32.1 Å². The fraction of sp³-hybridized carbons (Fsp3) is 0.833. The van der Waals surface area contributed by atoms with Gasteiger partial charge >= 0.3 is 0 Å². The number of hydrogen-bond acceptors (Lipinski definition) is 2. The molecule has 0 aromatic carbocycles. The van der Waals surface area contributed by atoms with E-state index in [0.29, 0.717) is 0 Å². The topological polar surface area (TPSA) is 49.4 Å². The molecular weight excluding hydrogens is 204 g/mol. The fourth-order valence-electron chi connectivity index (χ4n) is 2.62. The summed E-state index contributed by atoms with van der Waals surface area (Å²) in [4.78, 5) is 24.4. The molecule has 1 aliphatic carbocycles. The summed E-state index contributed by atoms with van der Waals surface area (Å²) < 4.78 is 0. The van der Waals surface area contributed by atoms with Gasteiger partial charge in [-0.2, -0.15) is 0 Å². The molecule has 0 bridgehead atoms. The Morgan fingerprint density at radius 2 is 1.94 bits per heavy atom. The second kappa shape index (κ2) is 5.32. The van der Waals surface area contributed by atoms with Gasteiger partial charge in [0, 0.05) is 6.54 Å². The molecular formula is C12H20N2O2. The second-order valence-corrected chi connectivity index (χ2v) is 4.88. The van der Waals surface area contributed by atoms with Crippen LogP contribution in [0.5, 0.6) is 0 Å². The van der Waals surface area contributed by atoms with E-state index < -0.39 is 0 Å². The van der Waals surface area contributed by atoms with Gasteiger partial charge in [0.1, 0.15) is 0 Å². The van der Waals surface area contributed by atoms with Gasteiger partial charge < -0.3 is 10.2 Å². The Labute approximate surface area is 96.4 Å². The maximum atomic E-state index is 11.5. The number of nitrogens with one attached hydrogen (secondary N) is 1. The van der Waals surface area contributed by atoms with E-state index in [0.717, 1.165) is 18.9 Å². The van der Waals surface area contributed by atoms with Crippen molar-refractivity contribution in [2.75, 3.05) is 19.6 Å². The SMILES string of the molecule is O=C1CN(CCC2CCCCC2)C(=O)CN1. The van der Waals surface area contributed by atoms with Crippen molar-refractivity contribution in [1.82, 2.24) is 10.2 Å². The largest absolute Gasteiger partial charge is 0.345 e. The summed E-state index contributed by atoms with van der Waals surface area (Å²) in [5.41, 5.74) is 0. The Hall–Kier alpha value is -1.06. The van der Waals surface area contributed by atoms with E-state index in [4.69, 9.17) is 0 Å². The maximum absolute atomic E-state index is 11.5. The highest BCUT2D eigenvalue weighted by atomic mass is 16.2. The molecule has 4 heteroatoms. The lowest BCUT2D eigenvalue weighted by atomic mass is 9.87. The first kappa shape index (κ1) is 11.4. The molecule has 1 heterocycles. The van der Waals surface area contributed by atoms with Gasteiger partial charge in [0.2, 0.25) is 11.8 Å². The van der Waals surface area contributed by atoms with Crippen LogP contribution in [0.25, 0.3) is 0 Å². The fourth-order valence-corrected chi connectivity index (χ4v) is 2.62. The number of piperazine rings is 1. The Morgan fingerprint density at radius 3 is 2.69 bits per heavy atom. The first-order chi connectivity index (χ1) is 7.75. The van der Waals surface area contributed by atoms with E-state index >= 15 is 0 Å². The van der Waals surface area contributed by atoms with Crippen LogP contribution in [0.1, 0.15) is 38.5 Å². The highest BCUT2D eigenvalue weighted by Crippen LogP contribution is 2.26. The van der Waals surface area contributed by atoms with E-state index in [9.17, 15) is 9.59 Å². The molecule has 2 amide bonds. The van der Waals surface area contributed by atoms with E-state index in [1.165, 1.54) is 32.1 Å². The quantitative estimate of drug-likeness (QED) is 0.775. The molecule has 0 atom stereocenters. The molecule has 2 fully saturated rings. The molecule has 16 heavy (non-hydrogen) atoms. The number of carbonyl (C=O) groups excluding carboxylic acids is 2.